The molecule has 3 rings (SSSR count). The lowest BCUT2D eigenvalue weighted by atomic mass is 9.93. The molecule has 4 amide bonds. The minimum absolute atomic E-state index is 0.259. The molecule has 1 aromatic carbocycles. The Kier molecular flexibility index (Phi) is 6.31. The topological polar surface area (TPSA) is 105 Å². The third-order valence-corrected chi connectivity index (χ3v) is 5.20. The van der Waals surface area contributed by atoms with Gasteiger partial charge in [-0.2, -0.15) is 5.01 Å². The van der Waals surface area contributed by atoms with Crippen molar-refractivity contribution in [1.29, 1.82) is 0 Å². The van der Waals surface area contributed by atoms with Crippen molar-refractivity contribution in [2.24, 2.45) is 5.92 Å². The number of rotatable bonds is 7. The average molecular weight is 399 g/mol. The molecule has 29 heavy (non-hydrogen) atoms. The molecule has 154 valence electrons. The number of allylic oxidation sites excluding steroid dienone is 2. The zero-order valence-corrected chi connectivity index (χ0v) is 16.3. The Bertz CT molecular complexity index is 823. The van der Waals surface area contributed by atoms with Gasteiger partial charge in [-0.05, 0) is 44.6 Å². The summed E-state index contributed by atoms with van der Waals surface area (Å²) in [5.41, 5.74) is 2.16. The number of aryl methyl sites for hydroxylation is 1. The maximum Gasteiger partial charge on any atom is 0.344 e. The second-order valence-corrected chi connectivity index (χ2v) is 7.51. The zero-order chi connectivity index (χ0) is 20.9. The number of benzene rings is 1. The van der Waals surface area contributed by atoms with Crippen LogP contribution in [0.2, 0.25) is 0 Å². The number of nitrogens with one attached hydrogen (secondary N) is 2. The van der Waals surface area contributed by atoms with Crippen molar-refractivity contribution in [2.75, 3.05) is 6.61 Å². The highest BCUT2D eigenvalue weighted by atomic mass is 16.5. The number of esters is 1. The molecule has 0 spiro atoms. The van der Waals surface area contributed by atoms with Gasteiger partial charge in [-0.1, -0.05) is 42.5 Å². The molecule has 2 atom stereocenters. The molecule has 0 unspecified atom stereocenters. The normalized spacial score (nSPS) is 23.6. The summed E-state index contributed by atoms with van der Waals surface area (Å²) < 4.78 is 5.03. The molecule has 1 fully saturated rings. The third-order valence-electron chi connectivity index (χ3n) is 5.20. The number of carbonyl (C=O) groups is 4. The van der Waals surface area contributed by atoms with E-state index in [9.17, 15) is 19.2 Å². The van der Waals surface area contributed by atoms with Crippen molar-refractivity contribution in [3.05, 3.63) is 48.0 Å². The van der Waals surface area contributed by atoms with Gasteiger partial charge < -0.3 is 10.1 Å². The first-order valence-corrected chi connectivity index (χ1v) is 9.71. The van der Waals surface area contributed by atoms with E-state index in [0.29, 0.717) is 30.7 Å². The lowest BCUT2D eigenvalue weighted by Crippen LogP contribution is -2.50. The lowest BCUT2D eigenvalue weighted by Gasteiger charge is -2.21. The quantitative estimate of drug-likeness (QED) is 0.414. The van der Waals surface area contributed by atoms with Gasteiger partial charge in [0.15, 0.2) is 6.61 Å². The predicted octanol–water partition coefficient (Wildman–Crippen LogP) is 1.86. The van der Waals surface area contributed by atoms with Crippen LogP contribution < -0.4 is 10.7 Å². The molecule has 0 radical (unpaired) electrons. The third kappa shape index (κ3) is 5.01. The number of urea groups is 1. The van der Waals surface area contributed by atoms with Crippen LogP contribution in [0.4, 0.5) is 4.79 Å². The number of carbonyl (C=O) groups excluding carboxylic acids is 4. The van der Waals surface area contributed by atoms with Gasteiger partial charge in [0.25, 0.3) is 11.8 Å². The molecule has 1 aromatic rings. The molecular formula is C21H25N3O5. The van der Waals surface area contributed by atoms with E-state index in [4.69, 9.17) is 4.74 Å². The Morgan fingerprint density at radius 2 is 2.00 bits per heavy atom. The monoisotopic (exact) mass is 399 g/mol. The van der Waals surface area contributed by atoms with Gasteiger partial charge in [0.05, 0.1) is 5.92 Å². The first-order valence-electron chi connectivity index (χ1n) is 9.71. The fraction of sp³-hybridized carbons (Fsp3) is 0.429. The Morgan fingerprint density at radius 3 is 2.69 bits per heavy atom. The van der Waals surface area contributed by atoms with E-state index in [1.807, 2.05) is 42.5 Å². The van der Waals surface area contributed by atoms with E-state index in [2.05, 4.69) is 10.7 Å². The highest BCUT2D eigenvalue weighted by Gasteiger charge is 2.48. The second-order valence-electron chi connectivity index (χ2n) is 7.51. The summed E-state index contributed by atoms with van der Waals surface area (Å²) in [6, 6.07) is 8.90. The molecule has 1 aliphatic heterocycles. The van der Waals surface area contributed by atoms with E-state index in [1.165, 1.54) is 0 Å². The van der Waals surface area contributed by atoms with Crippen LogP contribution in [0.3, 0.4) is 0 Å². The fourth-order valence-electron chi connectivity index (χ4n) is 3.41. The molecule has 2 aliphatic rings. The van der Waals surface area contributed by atoms with Gasteiger partial charge in [-0.15, -0.1) is 0 Å². The Hall–Kier alpha value is -3.16. The lowest BCUT2D eigenvalue weighted by molar-refractivity contribution is -0.154. The van der Waals surface area contributed by atoms with Crippen molar-refractivity contribution in [2.45, 2.75) is 44.6 Å². The number of amides is 4. The smallest absolute Gasteiger partial charge is 0.344 e. The standard InChI is InChI=1S/C21H25N3O5/c1-21(13-12-15-8-4-2-5-9-15)19(27)24(20(28)22-21)23-17(25)14-29-18(26)16-10-6-3-7-11-16/h2-6,8-9,16H,7,10-14H2,1H3,(H,22,28)(H,23,25)/t16-,21+/m1/s1. The highest BCUT2D eigenvalue weighted by Crippen LogP contribution is 2.22. The Morgan fingerprint density at radius 1 is 1.24 bits per heavy atom. The first kappa shape index (κ1) is 20.6. The molecule has 8 heteroatoms. The Balaban J connectivity index is 1.50. The maximum absolute atomic E-state index is 12.7. The molecular weight excluding hydrogens is 374 g/mol. The van der Waals surface area contributed by atoms with Gasteiger partial charge in [0.1, 0.15) is 5.54 Å². The molecule has 0 bridgehead atoms. The average Bonchev–Trinajstić information content (AvgIpc) is 2.95. The zero-order valence-electron chi connectivity index (χ0n) is 16.3. The van der Waals surface area contributed by atoms with E-state index >= 15 is 0 Å². The highest BCUT2D eigenvalue weighted by molar-refractivity contribution is 6.07. The summed E-state index contributed by atoms with van der Waals surface area (Å²) in [6.07, 6.45) is 6.98. The molecule has 1 heterocycles. The molecule has 1 aliphatic carbocycles. The summed E-state index contributed by atoms with van der Waals surface area (Å²) in [5, 5.41) is 3.29. The minimum Gasteiger partial charge on any atom is -0.455 e. The molecule has 8 nitrogen and oxygen atoms in total. The van der Waals surface area contributed by atoms with Gasteiger partial charge in [-0.25, -0.2) is 4.79 Å². The van der Waals surface area contributed by atoms with Crippen LogP contribution >= 0.6 is 0 Å². The first-order chi connectivity index (χ1) is 13.9. The molecule has 0 aromatic heterocycles. The molecule has 2 N–H and O–H groups in total. The molecule has 0 saturated carbocycles. The number of ether oxygens (including phenoxy) is 1. The number of nitrogens with zero attached hydrogens (tertiary/aromatic N) is 1. The van der Waals surface area contributed by atoms with Gasteiger partial charge in [-0.3, -0.25) is 19.8 Å². The van der Waals surface area contributed by atoms with Crippen molar-refractivity contribution >= 4 is 23.8 Å². The van der Waals surface area contributed by atoms with Gasteiger partial charge >= 0.3 is 12.0 Å². The summed E-state index contributed by atoms with van der Waals surface area (Å²) >= 11 is 0. The van der Waals surface area contributed by atoms with Crippen molar-refractivity contribution in [3.8, 4) is 0 Å². The van der Waals surface area contributed by atoms with Crippen LogP contribution in [-0.2, 0) is 25.5 Å². The largest absolute Gasteiger partial charge is 0.455 e. The van der Waals surface area contributed by atoms with E-state index < -0.39 is 36.0 Å². The number of hydrazine groups is 1. The second kappa shape index (κ2) is 8.89. The van der Waals surface area contributed by atoms with Gasteiger partial charge in [0, 0.05) is 0 Å². The molecule has 1 saturated heterocycles. The summed E-state index contributed by atoms with van der Waals surface area (Å²) in [6.45, 7) is 1.08. The van der Waals surface area contributed by atoms with E-state index in [0.717, 1.165) is 12.0 Å². The predicted molar refractivity (Wildman–Crippen MR) is 104 cm³/mol. The number of hydrogen-bond donors (Lipinski definition) is 2. The van der Waals surface area contributed by atoms with Crippen molar-refractivity contribution in [3.63, 3.8) is 0 Å². The summed E-state index contributed by atoms with van der Waals surface area (Å²) in [4.78, 5) is 49.0. The summed E-state index contributed by atoms with van der Waals surface area (Å²) in [5.74, 6) is -1.99. The number of imide groups is 1. The minimum atomic E-state index is -1.12. The SMILES string of the molecule is C[C@@]1(CCc2ccccc2)NC(=O)N(NC(=O)COC(=O)[C@@H]2CC=CCC2)C1=O. The Labute approximate surface area is 169 Å². The van der Waals surface area contributed by atoms with Crippen LogP contribution in [0.25, 0.3) is 0 Å². The van der Waals surface area contributed by atoms with Crippen molar-refractivity contribution < 1.29 is 23.9 Å². The number of hydrogen-bond acceptors (Lipinski definition) is 5. The summed E-state index contributed by atoms with van der Waals surface area (Å²) in [7, 11) is 0. The van der Waals surface area contributed by atoms with Crippen molar-refractivity contribution in [1.82, 2.24) is 15.8 Å². The van der Waals surface area contributed by atoms with Crippen LogP contribution in [0.15, 0.2) is 42.5 Å². The van der Waals surface area contributed by atoms with E-state index in [1.54, 1.807) is 6.92 Å². The van der Waals surface area contributed by atoms with Crippen LogP contribution in [0.5, 0.6) is 0 Å². The van der Waals surface area contributed by atoms with Gasteiger partial charge in [0.2, 0.25) is 0 Å². The fourth-order valence-corrected chi connectivity index (χ4v) is 3.41. The van der Waals surface area contributed by atoms with E-state index in [-0.39, 0.29) is 5.92 Å². The van der Waals surface area contributed by atoms with Crippen LogP contribution in [0.1, 0.15) is 38.2 Å². The van der Waals surface area contributed by atoms with Crippen LogP contribution in [-0.4, -0.2) is 41.0 Å². The van der Waals surface area contributed by atoms with Crippen LogP contribution in [0, 0.1) is 5.92 Å². The maximum atomic E-state index is 12.7.